The van der Waals surface area contributed by atoms with Gasteiger partial charge in [-0.05, 0) is 12.5 Å². The van der Waals surface area contributed by atoms with E-state index in [1.807, 2.05) is 0 Å². The summed E-state index contributed by atoms with van der Waals surface area (Å²) >= 11 is 0. The summed E-state index contributed by atoms with van der Waals surface area (Å²) in [7, 11) is 0. The molecule has 148 valence electrons. The van der Waals surface area contributed by atoms with Crippen LogP contribution in [0.25, 0.3) is 0 Å². The maximum absolute atomic E-state index is 12.5. The number of benzene rings is 1. The second-order valence-electron chi connectivity index (χ2n) is 6.09. The molecule has 0 spiro atoms. The van der Waals surface area contributed by atoms with Gasteiger partial charge in [-0.3, -0.25) is 14.4 Å². The lowest BCUT2D eigenvalue weighted by atomic mass is 10.0. The summed E-state index contributed by atoms with van der Waals surface area (Å²) < 4.78 is 0. The van der Waals surface area contributed by atoms with Crippen LogP contribution in [0.5, 0.6) is 0 Å². The van der Waals surface area contributed by atoms with Crippen LogP contribution in [0.15, 0.2) is 30.3 Å². The monoisotopic (exact) mass is 380 g/mol. The Morgan fingerprint density at radius 2 is 1.67 bits per heavy atom. The van der Waals surface area contributed by atoms with Crippen molar-refractivity contribution >= 4 is 23.7 Å². The average molecular weight is 380 g/mol. The van der Waals surface area contributed by atoms with Crippen molar-refractivity contribution in [1.29, 1.82) is 0 Å². The summed E-state index contributed by atoms with van der Waals surface area (Å²) in [6, 6.07) is 4.72. The van der Waals surface area contributed by atoms with Crippen molar-refractivity contribution in [2.75, 3.05) is 0 Å². The first-order valence-corrected chi connectivity index (χ1v) is 8.21. The van der Waals surface area contributed by atoms with Gasteiger partial charge in [0.05, 0.1) is 18.6 Å². The second kappa shape index (κ2) is 10.2. The molecule has 4 atom stereocenters. The molecule has 1 aromatic carbocycles. The van der Waals surface area contributed by atoms with Crippen LogP contribution in [0.2, 0.25) is 0 Å². The molecule has 0 aliphatic carbocycles. The molecule has 0 aromatic heterocycles. The van der Waals surface area contributed by atoms with Crippen molar-refractivity contribution in [3.63, 3.8) is 0 Å². The molecule has 1 aromatic rings. The molecule has 10 nitrogen and oxygen atoms in total. The summed E-state index contributed by atoms with van der Waals surface area (Å²) in [5.74, 6) is -3.80. The summed E-state index contributed by atoms with van der Waals surface area (Å²) in [5.41, 5.74) is 11.3. The topological polar surface area (TPSA) is 185 Å². The number of aliphatic hydroxyl groups is 1. The number of carboxylic acids is 1. The number of nitrogens with two attached hydrogens (primary N) is 2. The third-order valence-corrected chi connectivity index (χ3v) is 3.72. The Labute approximate surface area is 155 Å². The predicted octanol–water partition coefficient (Wildman–Crippen LogP) is -2.13. The van der Waals surface area contributed by atoms with Crippen molar-refractivity contribution in [2.45, 2.75) is 44.0 Å². The fraction of sp³-hybridized carbons (Fsp3) is 0.412. The predicted molar refractivity (Wildman–Crippen MR) is 95.1 cm³/mol. The van der Waals surface area contributed by atoms with Gasteiger partial charge in [0.1, 0.15) is 6.04 Å². The number of carboxylic acid groups (broad SMARTS) is 1. The Bertz CT molecular complexity index is 679. The number of rotatable bonds is 10. The van der Waals surface area contributed by atoms with Gasteiger partial charge in [-0.1, -0.05) is 30.3 Å². The smallest absolute Gasteiger partial charge is 0.328 e. The van der Waals surface area contributed by atoms with Gasteiger partial charge in [-0.25, -0.2) is 4.79 Å². The lowest BCUT2D eigenvalue weighted by Crippen LogP contribution is -2.57. The van der Waals surface area contributed by atoms with E-state index in [2.05, 4.69) is 10.6 Å². The normalized spacial score (nSPS) is 15.1. The van der Waals surface area contributed by atoms with Crippen molar-refractivity contribution in [1.82, 2.24) is 10.6 Å². The number of aliphatic carboxylic acids is 1. The zero-order valence-electron chi connectivity index (χ0n) is 14.8. The first-order valence-electron chi connectivity index (χ1n) is 8.21. The minimum Gasteiger partial charge on any atom is -0.480 e. The van der Waals surface area contributed by atoms with E-state index >= 15 is 0 Å². The van der Waals surface area contributed by atoms with Gasteiger partial charge in [0, 0.05) is 6.42 Å². The molecular formula is C17H24N4O6. The first kappa shape index (κ1) is 22.1. The van der Waals surface area contributed by atoms with E-state index in [1.54, 1.807) is 30.3 Å². The van der Waals surface area contributed by atoms with E-state index in [1.165, 1.54) is 6.92 Å². The number of primary amides is 1. The van der Waals surface area contributed by atoms with E-state index in [0.717, 1.165) is 0 Å². The minimum atomic E-state index is -1.55. The van der Waals surface area contributed by atoms with E-state index in [9.17, 15) is 24.3 Å². The molecule has 0 radical (unpaired) electrons. The Kier molecular flexibility index (Phi) is 8.36. The van der Waals surface area contributed by atoms with Gasteiger partial charge >= 0.3 is 5.97 Å². The largest absolute Gasteiger partial charge is 0.480 e. The van der Waals surface area contributed by atoms with Crippen LogP contribution in [0.1, 0.15) is 18.9 Å². The van der Waals surface area contributed by atoms with Gasteiger partial charge in [-0.15, -0.1) is 0 Å². The SMILES string of the molecule is C[C@@H](O)[C@H](NC(=O)[C@H](Cc1ccccc1)NC(=O)[C@@H](N)CC(N)=O)C(=O)O. The average Bonchev–Trinajstić information content (AvgIpc) is 2.58. The molecule has 0 saturated carbocycles. The maximum atomic E-state index is 12.5. The number of hydrogen-bond donors (Lipinski definition) is 6. The lowest BCUT2D eigenvalue weighted by molar-refractivity contribution is -0.145. The molecule has 3 amide bonds. The molecule has 10 heteroatoms. The highest BCUT2D eigenvalue weighted by molar-refractivity contribution is 5.93. The fourth-order valence-corrected chi connectivity index (χ4v) is 2.29. The highest BCUT2D eigenvalue weighted by Crippen LogP contribution is 2.05. The van der Waals surface area contributed by atoms with Gasteiger partial charge in [0.2, 0.25) is 17.7 Å². The minimum absolute atomic E-state index is 0.0495. The number of nitrogens with one attached hydrogen (secondary N) is 2. The van der Waals surface area contributed by atoms with Crippen LogP contribution < -0.4 is 22.1 Å². The molecule has 0 aliphatic rings. The molecule has 0 fully saturated rings. The zero-order valence-corrected chi connectivity index (χ0v) is 14.8. The van der Waals surface area contributed by atoms with Gasteiger partial charge in [-0.2, -0.15) is 0 Å². The van der Waals surface area contributed by atoms with Crippen LogP contribution in [-0.4, -0.2) is 58.1 Å². The summed E-state index contributed by atoms with van der Waals surface area (Å²) in [6.45, 7) is 1.21. The van der Waals surface area contributed by atoms with E-state index in [0.29, 0.717) is 5.56 Å². The molecule has 1 rings (SSSR count). The van der Waals surface area contributed by atoms with E-state index in [-0.39, 0.29) is 6.42 Å². The fourth-order valence-electron chi connectivity index (χ4n) is 2.29. The van der Waals surface area contributed by atoms with Crippen LogP contribution >= 0.6 is 0 Å². The first-order chi connectivity index (χ1) is 12.6. The lowest BCUT2D eigenvalue weighted by Gasteiger charge is -2.24. The zero-order chi connectivity index (χ0) is 20.6. The van der Waals surface area contributed by atoms with Crippen molar-refractivity contribution in [3.05, 3.63) is 35.9 Å². The Balaban J connectivity index is 2.95. The molecule has 0 bridgehead atoms. The molecule has 27 heavy (non-hydrogen) atoms. The summed E-state index contributed by atoms with van der Waals surface area (Å²) in [4.78, 5) is 46.7. The van der Waals surface area contributed by atoms with Gasteiger partial charge in [0.15, 0.2) is 6.04 Å². The summed E-state index contributed by atoms with van der Waals surface area (Å²) in [6.07, 6.45) is -1.71. The Hall–Kier alpha value is -2.98. The van der Waals surface area contributed by atoms with Crippen LogP contribution in [0, 0.1) is 0 Å². The number of carbonyl (C=O) groups is 4. The van der Waals surface area contributed by atoms with Crippen LogP contribution in [0.3, 0.4) is 0 Å². The number of hydrogen-bond acceptors (Lipinski definition) is 6. The van der Waals surface area contributed by atoms with Crippen LogP contribution in [0.4, 0.5) is 0 Å². The molecular weight excluding hydrogens is 356 g/mol. The summed E-state index contributed by atoms with van der Waals surface area (Å²) in [5, 5.41) is 23.2. The van der Waals surface area contributed by atoms with Crippen LogP contribution in [-0.2, 0) is 25.6 Å². The van der Waals surface area contributed by atoms with Crippen molar-refractivity contribution < 1.29 is 29.4 Å². The highest BCUT2D eigenvalue weighted by Gasteiger charge is 2.30. The van der Waals surface area contributed by atoms with E-state index in [4.69, 9.17) is 16.6 Å². The third-order valence-electron chi connectivity index (χ3n) is 3.72. The Morgan fingerprint density at radius 3 is 2.15 bits per heavy atom. The van der Waals surface area contributed by atoms with Crippen molar-refractivity contribution in [2.24, 2.45) is 11.5 Å². The standard InChI is InChI=1S/C17H24N4O6/c1-9(22)14(17(26)27)21-16(25)12(7-10-5-3-2-4-6-10)20-15(24)11(18)8-13(19)23/h2-6,9,11-12,14,22H,7-8,18H2,1H3,(H2,19,23)(H,20,24)(H,21,25)(H,26,27)/t9-,11+,12+,14+/m1/s1. The molecule has 0 aliphatic heterocycles. The van der Waals surface area contributed by atoms with Gasteiger partial charge < -0.3 is 32.3 Å². The van der Waals surface area contributed by atoms with E-state index < -0.39 is 54.3 Å². The molecule has 8 N–H and O–H groups in total. The number of aliphatic hydroxyl groups excluding tert-OH is 1. The quantitative estimate of drug-likeness (QED) is 0.267. The molecule has 0 saturated heterocycles. The van der Waals surface area contributed by atoms with Crippen molar-refractivity contribution in [3.8, 4) is 0 Å². The second-order valence-corrected chi connectivity index (χ2v) is 6.09. The number of carbonyl (C=O) groups excluding carboxylic acids is 3. The van der Waals surface area contributed by atoms with Gasteiger partial charge in [0.25, 0.3) is 0 Å². The third kappa shape index (κ3) is 7.42. The maximum Gasteiger partial charge on any atom is 0.328 e. The highest BCUT2D eigenvalue weighted by atomic mass is 16.4. The number of amides is 3. The molecule has 0 unspecified atom stereocenters. The molecule has 0 heterocycles. The Morgan fingerprint density at radius 1 is 1.07 bits per heavy atom.